The van der Waals surface area contributed by atoms with Gasteiger partial charge in [0.05, 0.1) is 10.4 Å². The number of nitrogens with one attached hydrogen (secondary N) is 1. The molecule has 1 aliphatic heterocycles. The number of likely N-dealkylation sites (tertiary alicyclic amines) is 1. The van der Waals surface area contributed by atoms with Gasteiger partial charge in [-0.3, -0.25) is 9.59 Å². The molecule has 1 heterocycles. The number of carbonyl (C=O) groups excluding carboxylic acids is 2. The lowest BCUT2D eigenvalue weighted by Crippen LogP contribution is -2.54. The van der Waals surface area contributed by atoms with Gasteiger partial charge in [-0.1, -0.05) is 25.1 Å². The molecule has 21 heavy (non-hydrogen) atoms. The van der Waals surface area contributed by atoms with Crippen LogP contribution in [0.3, 0.4) is 0 Å². The minimum Gasteiger partial charge on any atom is -0.392 e. The highest BCUT2D eigenvalue weighted by molar-refractivity contribution is 7.80. The first-order valence-corrected chi connectivity index (χ1v) is 8.28. The molecular formula is C15H25N3O2S. The number of hydrogen-bond donors (Lipinski definition) is 2. The minimum atomic E-state index is -0.744. The number of carbonyl (C=O) groups is 2. The molecule has 3 N–H and O–H groups in total. The largest absolute Gasteiger partial charge is 0.392 e. The highest BCUT2D eigenvalue weighted by Gasteiger charge is 2.44. The Bertz CT molecular complexity index is 427. The predicted octanol–water partition coefficient (Wildman–Crippen LogP) is 1.35. The van der Waals surface area contributed by atoms with Crippen molar-refractivity contribution in [2.75, 3.05) is 13.1 Å². The first-order valence-electron chi connectivity index (χ1n) is 7.87. The molecule has 0 aromatic carbocycles. The minimum absolute atomic E-state index is 0.000799. The van der Waals surface area contributed by atoms with Crippen LogP contribution in [-0.2, 0) is 9.59 Å². The summed E-state index contributed by atoms with van der Waals surface area (Å²) in [6.07, 6.45) is 6.57. The molecule has 0 bridgehead atoms. The Morgan fingerprint density at radius 2 is 1.71 bits per heavy atom. The summed E-state index contributed by atoms with van der Waals surface area (Å²) in [5.41, 5.74) is 5.06. The molecule has 2 amide bonds. The molecule has 2 fully saturated rings. The number of rotatable bonds is 4. The number of amides is 2. The zero-order valence-electron chi connectivity index (χ0n) is 12.7. The molecule has 1 aliphatic carbocycles. The van der Waals surface area contributed by atoms with Crippen molar-refractivity contribution in [1.82, 2.24) is 10.2 Å². The molecule has 0 aromatic rings. The highest BCUT2D eigenvalue weighted by atomic mass is 32.1. The maximum Gasteiger partial charge on any atom is 0.244 e. The zero-order chi connectivity index (χ0) is 15.5. The fraction of sp³-hybridized carbons (Fsp3) is 0.800. The SMILES string of the molecule is CC(NC(=O)C1(C(N)=S)CCCC1)C(=O)N1CCCCC1. The zero-order valence-corrected chi connectivity index (χ0v) is 13.5. The molecular weight excluding hydrogens is 286 g/mol. The van der Waals surface area contributed by atoms with E-state index in [4.69, 9.17) is 18.0 Å². The van der Waals surface area contributed by atoms with Gasteiger partial charge in [0.15, 0.2) is 0 Å². The van der Waals surface area contributed by atoms with Crippen molar-refractivity contribution in [1.29, 1.82) is 0 Å². The van der Waals surface area contributed by atoms with Crippen molar-refractivity contribution in [3.63, 3.8) is 0 Å². The van der Waals surface area contributed by atoms with E-state index >= 15 is 0 Å². The molecule has 1 unspecified atom stereocenters. The Morgan fingerprint density at radius 3 is 2.24 bits per heavy atom. The third kappa shape index (κ3) is 3.36. The smallest absolute Gasteiger partial charge is 0.244 e. The molecule has 1 saturated heterocycles. The number of hydrogen-bond acceptors (Lipinski definition) is 3. The van der Waals surface area contributed by atoms with Crippen LogP contribution in [0.1, 0.15) is 51.9 Å². The van der Waals surface area contributed by atoms with Gasteiger partial charge in [0, 0.05) is 13.1 Å². The van der Waals surface area contributed by atoms with Crippen molar-refractivity contribution in [3.8, 4) is 0 Å². The fourth-order valence-electron chi connectivity index (χ4n) is 3.35. The molecule has 0 radical (unpaired) electrons. The molecule has 6 heteroatoms. The lowest BCUT2D eigenvalue weighted by molar-refractivity contribution is -0.138. The predicted molar refractivity (Wildman–Crippen MR) is 85.7 cm³/mol. The van der Waals surface area contributed by atoms with E-state index < -0.39 is 11.5 Å². The maximum absolute atomic E-state index is 12.6. The van der Waals surface area contributed by atoms with Crippen LogP contribution in [0, 0.1) is 5.41 Å². The number of nitrogens with zero attached hydrogens (tertiary/aromatic N) is 1. The van der Waals surface area contributed by atoms with E-state index in [0.717, 1.165) is 38.8 Å². The van der Waals surface area contributed by atoms with Gasteiger partial charge in [-0.05, 0) is 39.0 Å². The van der Waals surface area contributed by atoms with Gasteiger partial charge in [-0.2, -0.15) is 0 Å². The van der Waals surface area contributed by atoms with E-state index in [0.29, 0.717) is 12.8 Å². The molecule has 0 spiro atoms. The van der Waals surface area contributed by atoms with Crippen LogP contribution in [-0.4, -0.2) is 40.8 Å². The molecule has 5 nitrogen and oxygen atoms in total. The second-order valence-electron chi connectivity index (χ2n) is 6.23. The van der Waals surface area contributed by atoms with Crippen LogP contribution in [0.15, 0.2) is 0 Å². The van der Waals surface area contributed by atoms with Crippen molar-refractivity contribution >= 4 is 29.0 Å². The number of piperidine rings is 1. The lowest BCUT2D eigenvalue weighted by atomic mass is 9.85. The third-order valence-electron chi connectivity index (χ3n) is 4.75. The Balaban J connectivity index is 1.97. The van der Waals surface area contributed by atoms with E-state index in [1.165, 1.54) is 6.42 Å². The van der Waals surface area contributed by atoms with Gasteiger partial charge < -0.3 is 16.0 Å². The monoisotopic (exact) mass is 311 g/mol. The Hall–Kier alpha value is -1.17. The average molecular weight is 311 g/mol. The van der Waals surface area contributed by atoms with E-state index in [1.807, 2.05) is 4.90 Å². The van der Waals surface area contributed by atoms with Gasteiger partial charge in [-0.25, -0.2) is 0 Å². The van der Waals surface area contributed by atoms with Crippen molar-refractivity contribution in [2.45, 2.75) is 57.9 Å². The van der Waals surface area contributed by atoms with E-state index in [-0.39, 0.29) is 16.8 Å². The van der Waals surface area contributed by atoms with E-state index in [1.54, 1.807) is 6.92 Å². The van der Waals surface area contributed by atoms with E-state index in [2.05, 4.69) is 5.32 Å². The maximum atomic E-state index is 12.6. The fourth-order valence-corrected chi connectivity index (χ4v) is 3.65. The summed E-state index contributed by atoms with van der Waals surface area (Å²) in [5, 5.41) is 2.84. The second-order valence-corrected chi connectivity index (χ2v) is 6.67. The summed E-state index contributed by atoms with van der Waals surface area (Å²) in [6, 6.07) is -0.512. The van der Waals surface area contributed by atoms with Crippen LogP contribution >= 0.6 is 12.2 Å². The highest BCUT2D eigenvalue weighted by Crippen LogP contribution is 2.38. The third-order valence-corrected chi connectivity index (χ3v) is 5.14. The van der Waals surface area contributed by atoms with Crippen LogP contribution in [0.5, 0.6) is 0 Å². The summed E-state index contributed by atoms with van der Waals surface area (Å²) in [4.78, 5) is 27.0. The molecule has 2 aliphatic rings. The van der Waals surface area contributed by atoms with Gasteiger partial charge in [0.1, 0.15) is 6.04 Å². The Morgan fingerprint density at radius 1 is 1.14 bits per heavy atom. The summed E-state index contributed by atoms with van der Waals surface area (Å²) in [6.45, 7) is 3.33. The average Bonchev–Trinajstić information content (AvgIpc) is 2.98. The van der Waals surface area contributed by atoms with Gasteiger partial charge in [0.25, 0.3) is 0 Å². The normalized spacial score (nSPS) is 22.6. The van der Waals surface area contributed by atoms with Gasteiger partial charge >= 0.3 is 0 Å². The van der Waals surface area contributed by atoms with Gasteiger partial charge in [-0.15, -0.1) is 0 Å². The van der Waals surface area contributed by atoms with Crippen LogP contribution in [0.2, 0.25) is 0 Å². The second kappa shape index (κ2) is 6.73. The lowest BCUT2D eigenvalue weighted by Gasteiger charge is -2.32. The van der Waals surface area contributed by atoms with Crippen molar-refractivity contribution < 1.29 is 9.59 Å². The Kier molecular flexibility index (Phi) is 5.19. The van der Waals surface area contributed by atoms with Gasteiger partial charge in [0.2, 0.25) is 11.8 Å². The van der Waals surface area contributed by atoms with Crippen LogP contribution in [0.4, 0.5) is 0 Å². The molecule has 1 atom stereocenters. The molecule has 1 saturated carbocycles. The van der Waals surface area contributed by atoms with Crippen molar-refractivity contribution in [2.24, 2.45) is 11.1 Å². The van der Waals surface area contributed by atoms with Crippen molar-refractivity contribution in [3.05, 3.63) is 0 Å². The topological polar surface area (TPSA) is 75.4 Å². The standard InChI is InChI=1S/C15H25N3O2S/c1-11(12(19)18-9-5-2-6-10-18)17-14(20)15(13(16)21)7-3-4-8-15/h11H,2-10H2,1H3,(H2,16,21)(H,17,20). The molecule has 118 valence electrons. The number of nitrogens with two attached hydrogens (primary N) is 1. The summed E-state index contributed by atoms with van der Waals surface area (Å²) in [5.74, 6) is -0.176. The summed E-state index contributed by atoms with van der Waals surface area (Å²) < 4.78 is 0. The first-order chi connectivity index (χ1) is 9.97. The summed E-state index contributed by atoms with van der Waals surface area (Å²) >= 11 is 5.11. The first kappa shape index (κ1) is 16.2. The molecule has 0 aromatic heterocycles. The molecule has 2 rings (SSSR count). The number of thiocarbonyl (C=S) groups is 1. The van der Waals surface area contributed by atoms with Crippen LogP contribution in [0.25, 0.3) is 0 Å². The quantitative estimate of drug-likeness (QED) is 0.769. The Labute approximate surface area is 131 Å². The van der Waals surface area contributed by atoms with E-state index in [9.17, 15) is 9.59 Å². The summed E-state index contributed by atoms with van der Waals surface area (Å²) in [7, 11) is 0. The van der Waals surface area contributed by atoms with Crippen LogP contribution < -0.4 is 11.1 Å².